The molecule has 17 nitrogen and oxygen atoms in total. The molecule has 60 heavy (non-hydrogen) atoms. The molecule has 0 spiro atoms. The molecule has 2 N–H and O–H groups in total. The molecule has 0 saturated heterocycles. The zero-order valence-corrected chi connectivity index (χ0v) is 37.4. The first-order valence-corrected chi connectivity index (χ1v) is 25.1. The fourth-order valence-electron chi connectivity index (χ4n) is 8.00. The molecule has 0 saturated carbocycles. The number of anilines is 1. The van der Waals surface area contributed by atoms with E-state index in [1.807, 2.05) is 28.5 Å². The smallest absolute Gasteiger partial charge is 0.303 e. The third kappa shape index (κ3) is 12.6. The summed E-state index contributed by atoms with van der Waals surface area (Å²) in [6.45, 7) is 5.29. The number of unbranched alkanes of at least 4 members (excludes halogenated alkanes) is 2. The Hall–Kier alpha value is -3.38. The number of hydrogen-bond acceptors (Lipinski definition) is 14. The van der Waals surface area contributed by atoms with Gasteiger partial charge in [0.05, 0.1) is 48.7 Å². The van der Waals surface area contributed by atoms with Crippen molar-refractivity contribution in [2.45, 2.75) is 85.8 Å². The second-order valence-electron chi connectivity index (χ2n) is 15.2. The van der Waals surface area contributed by atoms with E-state index in [0.717, 1.165) is 11.3 Å². The van der Waals surface area contributed by atoms with Crippen molar-refractivity contribution in [1.29, 1.82) is 0 Å². The Morgan fingerprint density at radius 1 is 0.867 bits per heavy atom. The van der Waals surface area contributed by atoms with Gasteiger partial charge in [-0.3, -0.25) is 4.79 Å². The molecular weight excluding hydrogens is 863 g/mol. The normalized spacial score (nSPS) is 20.6. The Morgan fingerprint density at radius 3 is 2.12 bits per heavy atom. The molecule has 0 radical (unpaired) electrons. The number of methoxy groups -OCH3 is 2. The van der Waals surface area contributed by atoms with Crippen LogP contribution < -0.4 is 9.62 Å². The van der Waals surface area contributed by atoms with Gasteiger partial charge >= 0.3 is 5.97 Å². The summed E-state index contributed by atoms with van der Waals surface area (Å²) in [6.07, 6.45) is 6.97. The topological polar surface area (TPSA) is 263 Å². The molecule has 2 aliphatic rings. The lowest BCUT2D eigenvalue weighted by atomic mass is 9.75. The maximum absolute atomic E-state index is 13.3. The van der Waals surface area contributed by atoms with Gasteiger partial charge in [0.1, 0.15) is 27.6 Å². The van der Waals surface area contributed by atoms with Crippen molar-refractivity contribution in [3.05, 3.63) is 71.5 Å². The zero-order chi connectivity index (χ0) is 44.5. The highest BCUT2D eigenvalue weighted by Gasteiger charge is 2.48. The van der Waals surface area contributed by atoms with E-state index in [9.17, 15) is 47.9 Å². The van der Waals surface area contributed by atoms with E-state index in [4.69, 9.17) is 14.6 Å². The van der Waals surface area contributed by atoms with Gasteiger partial charge in [0.15, 0.2) is 5.71 Å². The molecule has 0 aliphatic carbocycles. The first-order chi connectivity index (χ1) is 28.1. The number of rotatable bonds is 25. The summed E-state index contributed by atoms with van der Waals surface area (Å²) in [4.78, 5) is 13.2. The van der Waals surface area contributed by atoms with E-state index in [1.165, 1.54) is 25.3 Å². The van der Waals surface area contributed by atoms with E-state index in [1.54, 1.807) is 38.3 Å². The summed E-state index contributed by atoms with van der Waals surface area (Å²) in [5.74, 6) is -2.23. The monoisotopic (exact) mass is 915 g/mol. The lowest BCUT2D eigenvalue weighted by molar-refractivity contribution is -0.438. The van der Waals surface area contributed by atoms with Crippen LogP contribution in [0.4, 0.5) is 11.4 Å². The van der Waals surface area contributed by atoms with Crippen LogP contribution in [0.3, 0.4) is 0 Å². The van der Waals surface area contributed by atoms with Crippen LogP contribution in [0.2, 0.25) is 0 Å². The SMILES string of the molecule is COCCNS(=O)c1ccc2c(c1)C(C)(CCCS(=O)(=O)[O-])/C(=C\C=C\C1=[N+](CCCCCC(=O)O)c3ccc(S(=O)(=O)[O-])cc3C1(C)CCCS(=O)(=O)[O-])N2CCOC. The van der Waals surface area contributed by atoms with Crippen molar-refractivity contribution in [3.63, 3.8) is 0 Å². The lowest BCUT2D eigenvalue weighted by Gasteiger charge is -2.30. The number of allylic oxidation sites excluding steroid dienone is 4. The Morgan fingerprint density at radius 2 is 1.52 bits per heavy atom. The van der Waals surface area contributed by atoms with Gasteiger partial charge in [-0.25, -0.2) is 34.2 Å². The summed E-state index contributed by atoms with van der Waals surface area (Å²) in [5.41, 5.74) is 1.70. The quantitative estimate of drug-likeness (QED) is 0.0822. The molecule has 334 valence electrons. The number of carboxylic acid groups (broad SMARTS) is 1. The minimum absolute atomic E-state index is 0.00827. The fraction of sp³-hybridized carbons (Fsp3) is 0.538. The van der Waals surface area contributed by atoms with E-state index in [-0.39, 0.29) is 38.7 Å². The number of carboxylic acids is 1. The average Bonchev–Trinajstić information content (AvgIpc) is 3.52. The Bertz CT molecular complexity index is 2350. The summed E-state index contributed by atoms with van der Waals surface area (Å²) < 4.78 is 136. The van der Waals surface area contributed by atoms with Crippen molar-refractivity contribution in [2.24, 2.45) is 0 Å². The molecule has 0 fully saturated rings. The summed E-state index contributed by atoms with van der Waals surface area (Å²) >= 11 is 0. The maximum Gasteiger partial charge on any atom is 0.303 e. The Labute approximate surface area is 355 Å². The summed E-state index contributed by atoms with van der Waals surface area (Å²) in [5, 5.41) is 9.16. The highest BCUT2D eigenvalue weighted by Crippen LogP contribution is 2.51. The molecule has 0 bridgehead atoms. The van der Waals surface area contributed by atoms with Crippen LogP contribution in [0.5, 0.6) is 0 Å². The molecule has 0 aromatic heterocycles. The van der Waals surface area contributed by atoms with Crippen LogP contribution in [0.15, 0.2) is 70.1 Å². The van der Waals surface area contributed by atoms with Gasteiger partial charge in [-0.2, -0.15) is 4.58 Å². The van der Waals surface area contributed by atoms with Crippen LogP contribution in [-0.2, 0) is 66.4 Å². The summed E-state index contributed by atoms with van der Waals surface area (Å²) in [6, 6.07) is 9.30. The van der Waals surface area contributed by atoms with Gasteiger partial charge in [-0.1, -0.05) is 6.08 Å². The van der Waals surface area contributed by atoms with Crippen LogP contribution in [-0.4, -0.2) is 123 Å². The molecular formula is C39H53N3O14S4-2. The lowest BCUT2D eigenvalue weighted by Crippen LogP contribution is -2.32. The van der Waals surface area contributed by atoms with Crippen LogP contribution >= 0.6 is 0 Å². The first-order valence-electron chi connectivity index (χ1n) is 19.3. The predicted octanol–water partition coefficient (Wildman–Crippen LogP) is 3.37. The van der Waals surface area contributed by atoms with E-state index in [2.05, 4.69) is 4.72 Å². The largest absolute Gasteiger partial charge is 0.748 e. The fourth-order valence-corrected chi connectivity index (χ4v) is 10.3. The number of carbonyl (C=O) groups is 1. The molecule has 4 rings (SSSR count). The van der Waals surface area contributed by atoms with E-state index >= 15 is 0 Å². The third-order valence-electron chi connectivity index (χ3n) is 10.9. The third-order valence-corrected chi connectivity index (χ3v) is 14.5. The standard InChI is InChI=1S/C39H55N3O14S4/c1-38(18-9-25-58(46,47)48)31-27-29(57(45)40-20-23-55-3)14-16-33(31)42(22-24-56-4)36(38)12-8-11-35-39(2,19-10-26-59(49,50)51)32-28-30(60(52,53)54)15-17-34(32)41(35)21-7-5-6-13-37(43)44/h8,11-12,14-17,27-28,40H,5-7,9-10,13,18-26H2,1-4H3,(H3-,43,44,46,47,48,49,50,51,52,53,54)/p-2. The Kier molecular flexibility index (Phi) is 17.0. The van der Waals surface area contributed by atoms with Gasteiger partial charge in [0.25, 0.3) is 0 Å². The second-order valence-corrected chi connectivity index (χ2v) is 20.9. The molecule has 2 aliphatic heterocycles. The van der Waals surface area contributed by atoms with Crippen LogP contribution in [0, 0.1) is 0 Å². The molecule has 3 atom stereocenters. The van der Waals surface area contributed by atoms with Gasteiger partial charge in [0.2, 0.25) is 5.69 Å². The van der Waals surface area contributed by atoms with Crippen molar-refractivity contribution in [1.82, 2.24) is 4.72 Å². The zero-order valence-electron chi connectivity index (χ0n) is 34.1. The second kappa shape index (κ2) is 20.7. The Balaban J connectivity index is 1.91. The molecule has 0 amide bonds. The van der Waals surface area contributed by atoms with Gasteiger partial charge in [-0.05, 0) is 94.3 Å². The van der Waals surface area contributed by atoms with Crippen molar-refractivity contribution < 1.29 is 67.1 Å². The highest BCUT2D eigenvalue weighted by molar-refractivity contribution is 7.86. The number of nitrogens with one attached hydrogen (secondary N) is 1. The minimum Gasteiger partial charge on any atom is -0.748 e. The van der Waals surface area contributed by atoms with Crippen molar-refractivity contribution in [2.75, 3.05) is 63.5 Å². The number of fused-ring (bicyclic) bond motifs is 2. The van der Waals surface area contributed by atoms with Crippen molar-refractivity contribution >= 4 is 64.4 Å². The molecule has 2 aromatic carbocycles. The molecule has 21 heteroatoms. The van der Waals surface area contributed by atoms with Gasteiger partial charge < -0.3 is 33.1 Å². The molecule has 2 aromatic rings. The number of benzene rings is 2. The summed E-state index contributed by atoms with van der Waals surface area (Å²) in [7, 11) is -12.6. The molecule has 3 unspecified atom stereocenters. The van der Waals surface area contributed by atoms with Crippen LogP contribution in [0.25, 0.3) is 0 Å². The van der Waals surface area contributed by atoms with E-state index in [0.29, 0.717) is 73.1 Å². The number of ether oxygens (including phenoxy) is 2. The van der Waals surface area contributed by atoms with Crippen molar-refractivity contribution in [3.8, 4) is 0 Å². The molecule has 2 heterocycles. The van der Waals surface area contributed by atoms with Crippen LogP contribution in [0.1, 0.15) is 76.3 Å². The predicted molar refractivity (Wildman–Crippen MR) is 222 cm³/mol. The van der Waals surface area contributed by atoms with E-state index < -0.39 is 74.5 Å². The van der Waals surface area contributed by atoms with Gasteiger partial charge in [-0.15, -0.1) is 0 Å². The number of hydrogen-bond donors (Lipinski definition) is 2. The van der Waals surface area contributed by atoms with Gasteiger partial charge in [0, 0.05) is 86.2 Å². The highest BCUT2D eigenvalue weighted by atomic mass is 32.2. The number of aliphatic carboxylic acids is 1. The average molecular weight is 916 g/mol. The number of nitrogens with zero attached hydrogens (tertiary/aromatic N) is 2. The maximum atomic E-state index is 13.3. The first kappa shape index (κ1) is 49.3. The minimum atomic E-state index is -4.91.